The number of aromatic nitrogens is 2. The minimum absolute atomic E-state index is 0.168. The van der Waals surface area contributed by atoms with Crippen molar-refractivity contribution in [3.05, 3.63) is 47.9 Å². The first-order valence-electron chi connectivity index (χ1n) is 8.20. The van der Waals surface area contributed by atoms with E-state index in [0.717, 1.165) is 30.6 Å². The maximum absolute atomic E-state index is 12.0. The third kappa shape index (κ3) is 5.22. The Bertz CT molecular complexity index is 661. The number of benzene rings is 1. The van der Waals surface area contributed by atoms with Crippen LogP contribution >= 0.6 is 0 Å². The number of methoxy groups -OCH3 is 1. The summed E-state index contributed by atoms with van der Waals surface area (Å²) in [5.41, 5.74) is 1.50. The van der Waals surface area contributed by atoms with Crippen LogP contribution in [0.25, 0.3) is 0 Å². The second kappa shape index (κ2) is 9.50. The zero-order valence-corrected chi connectivity index (χ0v) is 14.2. The number of rotatable bonds is 9. The maximum Gasteiger partial charge on any atom is 0.270 e. The summed E-state index contributed by atoms with van der Waals surface area (Å²) in [4.78, 5) is 20.2. The topological polar surface area (TPSA) is 76.1 Å². The molecule has 2 aromatic rings. The Labute approximate surface area is 142 Å². The molecule has 1 aromatic heterocycles. The highest BCUT2D eigenvalue weighted by Crippen LogP contribution is 2.17. The number of nitrogens with zero attached hydrogens (tertiary/aromatic N) is 2. The molecule has 2 N–H and O–H groups in total. The van der Waals surface area contributed by atoms with E-state index >= 15 is 0 Å². The zero-order valence-electron chi connectivity index (χ0n) is 14.2. The molecule has 0 aliphatic carbocycles. The van der Waals surface area contributed by atoms with Crippen molar-refractivity contribution in [3.63, 3.8) is 0 Å². The van der Waals surface area contributed by atoms with Crippen molar-refractivity contribution in [2.75, 3.05) is 25.5 Å². The number of carbonyl (C=O) groups excluding carboxylic acids is 1. The summed E-state index contributed by atoms with van der Waals surface area (Å²) in [5.74, 6) is 1.34. The molecule has 0 atom stereocenters. The predicted octanol–water partition coefficient (Wildman–Crippen LogP) is 2.67. The van der Waals surface area contributed by atoms with Gasteiger partial charge in [0.2, 0.25) is 0 Å². The summed E-state index contributed by atoms with van der Waals surface area (Å²) in [6.45, 7) is 3.44. The molecular weight excluding hydrogens is 304 g/mol. The van der Waals surface area contributed by atoms with Crippen molar-refractivity contribution in [1.29, 1.82) is 0 Å². The molecule has 0 saturated heterocycles. The van der Waals surface area contributed by atoms with Gasteiger partial charge in [0.1, 0.15) is 23.6 Å². The van der Waals surface area contributed by atoms with Gasteiger partial charge in [-0.1, -0.05) is 31.5 Å². The lowest BCUT2D eigenvalue weighted by atomic mass is 10.1. The van der Waals surface area contributed by atoms with Crippen LogP contribution < -0.4 is 15.4 Å². The Morgan fingerprint density at radius 1 is 1.21 bits per heavy atom. The first-order chi connectivity index (χ1) is 11.7. The fourth-order valence-corrected chi connectivity index (χ4v) is 2.28. The molecule has 2 rings (SSSR count). The van der Waals surface area contributed by atoms with E-state index in [2.05, 4.69) is 27.5 Å². The highest BCUT2D eigenvalue weighted by Gasteiger charge is 2.08. The molecule has 1 heterocycles. The van der Waals surface area contributed by atoms with Crippen LogP contribution in [-0.2, 0) is 6.42 Å². The van der Waals surface area contributed by atoms with E-state index in [-0.39, 0.29) is 5.91 Å². The van der Waals surface area contributed by atoms with Crippen LogP contribution in [0.2, 0.25) is 0 Å². The molecule has 0 bridgehead atoms. The lowest BCUT2D eigenvalue weighted by Crippen LogP contribution is -2.25. The van der Waals surface area contributed by atoms with Gasteiger partial charge in [0.15, 0.2) is 0 Å². The Morgan fingerprint density at radius 3 is 2.83 bits per heavy atom. The molecule has 24 heavy (non-hydrogen) atoms. The van der Waals surface area contributed by atoms with Crippen LogP contribution in [0.15, 0.2) is 36.7 Å². The minimum Gasteiger partial charge on any atom is -0.496 e. The summed E-state index contributed by atoms with van der Waals surface area (Å²) in [6, 6.07) is 9.58. The van der Waals surface area contributed by atoms with Gasteiger partial charge in [0.25, 0.3) is 5.91 Å². The van der Waals surface area contributed by atoms with Crippen molar-refractivity contribution in [2.24, 2.45) is 0 Å². The monoisotopic (exact) mass is 328 g/mol. The molecular formula is C18H24N4O2. The highest BCUT2D eigenvalue weighted by molar-refractivity contribution is 5.92. The van der Waals surface area contributed by atoms with Gasteiger partial charge < -0.3 is 15.4 Å². The molecule has 1 aromatic carbocycles. The van der Waals surface area contributed by atoms with Crippen LogP contribution in [0.4, 0.5) is 5.82 Å². The van der Waals surface area contributed by atoms with Gasteiger partial charge in [0, 0.05) is 19.2 Å². The standard InChI is InChI=1S/C18H24N4O2/c1-3-4-10-20-18(23)15-12-17(22-13-21-15)19-11-9-14-7-5-6-8-16(14)24-2/h5-8,12-13H,3-4,9-11H2,1-2H3,(H,20,23)(H,19,21,22). The van der Waals surface area contributed by atoms with Crippen LogP contribution in [0.5, 0.6) is 5.75 Å². The number of unbranched alkanes of at least 4 members (excludes halogenated alkanes) is 1. The number of hydrogen-bond donors (Lipinski definition) is 2. The van der Waals surface area contributed by atoms with Crippen LogP contribution in [0.3, 0.4) is 0 Å². The van der Waals surface area contributed by atoms with Gasteiger partial charge in [-0.3, -0.25) is 4.79 Å². The number of amides is 1. The van der Waals surface area contributed by atoms with Gasteiger partial charge in [-0.15, -0.1) is 0 Å². The Hall–Kier alpha value is -2.63. The Kier molecular flexibility index (Phi) is 7.01. The number of ether oxygens (including phenoxy) is 1. The molecule has 0 fully saturated rings. The van der Waals surface area contributed by atoms with Gasteiger partial charge in [-0.05, 0) is 24.5 Å². The average molecular weight is 328 g/mol. The van der Waals surface area contributed by atoms with Gasteiger partial charge in [-0.25, -0.2) is 9.97 Å². The molecule has 6 heteroatoms. The summed E-state index contributed by atoms with van der Waals surface area (Å²) in [7, 11) is 1.67. The molecule has 0 unspecified atom stereocenters. The second-order valence-corrected chi connectivity index (χ2v) is 5.39. The third-order valence-corrected chi connectivity index (χ3v) is 3.61. The van der Waals surface area contributed by atoms with E-state index in [9.17, 15) is 4.79 Å². The first kappa shape index (κ1) is 17.7. The van der Waals surface area contributed by atoms with E-state index in [1.54, 1.807) is 13.2 Å². The Morgan fingerprint density at radius 2 is 2.04 bits per heavy atom. The normalized spacial score (nSPS) is 10.2. The molecule has 128 valence electrons. The molecule has 1 amide bonds. The summed E-state index contributed by atoms with van der Waals surface area (Å²) >= 11 is 0. The molecule has 6 nitrogen and oxygen atoms in total. The third-order valence-electron chi connectivity index (χ3n) is 3.61. The number of carbonyl (C=O) groups is 1. The van der Waals surface area contributed by atoms with Crippen molar-refractivity contribution < 1.29 is 9.53 Å². The van der Waals surface area contributed by atoms with Crippen molar-refractivity contribution in [3.8, 4) is 5.75 Å². The van der Waals surface area contributed by atoms with Crippen LogP contribution in [0.1, 0.15) is 35.8 Å². The van der Waals surface area contributed by atoms with Crippen molar-refractivity contribution >= 4 is 11.7 Å². The number of nitrogens with one attached hydrogen (secondary N) is 2. The largest absolute Gasteiger partial charge is 0.496 e. The molecule has 0 aliphatic heterocycles. The molecule has 0 radical (unpaired) electrons. The molecule has 0 spiro atoms. The van der Waals surface area contributed by atoms with Gasteiger partial charge in [-0.2, -0.15) is 0 Å². The quantitative estimate of drug-likeness (QED) is 0.692. The van der Waals surface area contributed by atoms with E-state index < -0.39 is 0 Å². The summed E-state index contributed by atoms with van der Waals surface area (Å²) in [5, 5.41) is 6.07. The SMILES string of the molecule is CCCCNC(=O)c1cc(NCCc2ccccc2OC)ncn1. The van der Waals surface area contributed by atoms with Crippen molar-refractivity contribution in [1.82, 2.24) is 15.3 Å². The van der Waals surface area contributed by atoms with E-state index in [0.29, 0.717) is 24.6 Å². The maximum atomic E-state index is 12.0. The number of para-hydroxylation sites is 1. The lowest BCUT2D eigenvalue weighted by Gasteiger charge is -2.10. The van der Waals surface area contributed by atoms with E-state index in [1.807, 2.05) is 24.3 Å². The summed E-state index contributed by atoms with van der Waals surface area (Å²) < 4.78 is 5.34. The van der Waals surface area contributed by atoms with E-state index in [4.69, 9.17) is 4.74 Å². The average Bonchev–Trinajstić information content (AvgIpc) is 2.62. The minimum atomic E-state index is -0.168. The fourth-order valence-electron chi connectivity index (χ4n) is 2.28. The number of hydrogen-bond acceptors (Lipinski definition) is 5. The lowest BCUT2D eigenvalue weighted by molar-refractivity contribution is 0.0948. The van der Waals surface area contributed by atoms with Gasteiger partial charge in [0.05, 0.1) is 7.11 Å². The zero-order chi connectivity index (χ0) is 17.2. The second-order valence-electron chi connectivity index (χ2n) is 5.39. The van der Waals surface area contributed by atoms with Crippen LogP contribution in [0, 0.1) is 0 Å². The van der Waals surface area contributed by atoms with Crippen molar-refractivity contribution in [2.45, 2.75) is 26.2 Å². The molecule has 0 aliphatic rings. The predicted molar refractivity (Wildman–Crippen MR) is 94.5 cm³/mol. The van der Waals surface area contributed by atoms with E-state index in [1.165, 1.54) is 6.33 Å². The number of anilines is 1. The molecule has 0 saturated carbocycles. The highest BCUT2D eigenvalue weighted by atomic mass is 16.5. The Balaban J connectivity index is 1.89. The summed E-state index contributed by atoms with van der Waals surface area (Å²) in [6.07, 6.45) is 4.20. The fraction of sp³-hybridized carbons (Fsp3) is 0.389. The first-order valence-corrected chi connectivity index (χ1v) is 8.20. The van der Waals surface area contributed by atoms with Gasteiger partial charge >= 0.3 is 0 Å². The smallest absolute Gasteiger partial charge is 0.270 e. The van der Waals surface area contributed by atoms with Crippen LogP contribution in [-0.4, -0.2) is 36.1 Å².